The van der Waals surface area contributed by atoms with E-state index in [1.165, 1.54) is 6.92 Å². The van der Waals surface area contributed by atoms with Crippen molar-refractivity contribution >= 4 is 35.6 Å². The number of aliphatic carboxylic acids is 2. The maximum atomic E-state index is 12.4. The van der Waals surface area contributed by atoms with Gasteiger partial charge in [0.2, 0.25) is 23.6 Å². The summed E-state index contributed by atoms with van der Waals surface area (Å²) in [5.41, 5.74) is 10.8. The van der Waals surface area contributed by atoms with Crippen molar-refractivity contribution < 1.29 is 39.0 Å². The molecule has 4 atom stereocenters. The average molecular weight is 431 g/mol. The van der Waals surface area contributed by atoms with Crippen molar-refractivity contribution in [2.24, 2.45) is 17.4 Å². The summed E-state index contributed by atoms with van der Waals surface area (Å²) in [7, 11) is 0. The number of nitrogens with two attached hydrogens (primary N) is 2. The summed E-state index contributed by atoms with van der Waals surface area (Å²) in [6.45, 7) is 4.75. The lowest BCUT2D eigenvalue weighted by molar-refractivity contribution is -0.143. The first-order valence-corrected chi connectivity index (χ1v) is 9.15. The Hall–Kier alpha value is -3.22. The van der Waals surface area contributed by atoms with Crippen molar-refractivity contribution in [1.29, 1.82) is 0 Å². The molecule has 0 saturated heterocycles. The van der Waals surface area contributed by atoms with E-state index < -0.39 is 79.0 Å². The Bertz CT molecular complexity index is 681. The third-order valence-corrected chi connectivity index (χ3v) is 4.07. The maximum Gasteiger partial charge on any atom is 0.326 e. The fraction of sp³-hybridized carbons (Fsp3) is 0.647. The Labute approximate surface area is 172 Å². The van der Waals surface area contributed by atoms with Gasteiger partial charge in [-0.2, -0.15) is 0 Å². The molecule has 0 aromatic rings. The third kappa shape index (κ3) is 9.82. The Balaban J connectivity index is 5.16. The van der Waals surface area contributed by atoms with Gasteiger partial charge in [-0.3, -0.25) is 24.0 Å². The molecule has 0 aromatic heterocycles. The van der Waals surface area contributed by atoms with E-state index in [0.717, 1.165) is 0 Å². The number of carbonyl (C=O) groups is 6. The quantitative estimate of drug-likeness (QED) is 0.160. The zero-order valence-corrected chi connectivity index (χ0v) is 17.0. The SMILES string of the molecule is CC(NC(=O)C(N)C(C)C)C(=O)NC(CC(N)=O)C(=O)NC(CCC(=O)O)C(=O)O. The average Bonchev–Trinajstić information content (AvgIpc) is 2.62. The topological polar surface area (TPSA) is 231 Å². The number of nitrogens with one attached hydrogen (secondary N) is 3. The van der Waals surface area contributed by atoms with Gasteiger partial charge in [-0.1, -0.05) is 13.8 Å². The van der Waals surface area contributed by atoms with Crippen molar-refractivity contribution in [3.8, 4) is 0 Å². The number of carboxylic acid groups (broad SMARTS) is 2. The molecule has 0 bridgehead atoms. The number of carbonyl (C=O) groups excluding carboxylic acids is 4. The van der Waals surface area contributed by atoms with Crippen LogP contribution in [-0.4, -0.2) is 69.9 Å². The fourth-order valence-electron chi connectivity index (χ4n) is 2.18. The Morgan fingerprint density at radius 1 is 0.833 bits per heavy atom. The second kappa shape index (κ2) is 12.4. The summed E-state index contributed by atoms with van der Waals surface area (Å²) in [6, 6.07) is -5.06. The summed E-state index contributed by atoms with van der Waals surface area (Å²) in [4.78, 5) is 69.7. The maximum absolute atomic E-state index is 12.4. The van der Waals surface area contributed by atoms with Crippen LogP contribution in [0.3, 0.4) is 0 Å². The van der Waals surface area contributed by atoms with Gasteiger partial charge in [0, 0.05) is 6.42 Å². The van der Waals surface area contributed by atoms with E-state index in [1.54, 1.807) is 13.8 Å². The molecule has 30 heavy (non-hydrogen) atoms. The number of rotatable bonds is 13. The monoisotopic (exact) mass is 431 g/mol. The summed E-state index contributed by atoms with van der Waals surface area (Å²) >= 11 is 0. The van der Waals surface area contributed by atoms with E-state index in [-0.39, 0.29) is 5.92 Å². The summed E-state index contributed by atoms with van der Waals surface area (Å²) in [5.74, 6) is -6.36. The summed E-state index contributed by atoms with van der Waals surface area (Å²) < 4.78 is 0. The number of primary amides is 1. The predicted octanol–water partition coefficient (Wildman–Crippen LogP) is -2.73. The first-order valence-electron chi connectivity index (χ1n) is 9.15. The predicted molar refractivity (Wildman–Crippen MR) is 103 cm³/mol. The number of amides is 4. The summed E-state index contributed by atoms with van der Waals surface area (Å²) in [6.07, 6.45) is -1.58. The van der Waals surface area contributed by atoms with Crippen molar-refractivity contribution in [3.05, 3.63) is 0 Å². The highest BCUT2D eigenvalue weighted by atomic mass is 16.4. The van der Waals surface area contributed by atoms with Crippen LogP contribution in [-0.2, 0) is 28.8 Å². The first kappa shape index (κ1) is 26.8. The minimum Gasteiger partial charge on any atom is -0.481 e. The molecular weight excluding hydrogens is 402 g/mol. The van der Waals surface area contributed by atoms with Gasteiger partial charge >= 0.3 is 11.9 Å². The molecule has 0 aliphatic carbocycles. The second-order valence-electron chi connectivity index (χ2n) is 7.06. The van der Waals surface area contributed by atoms with E-state index in [4.69, 9.17) is 21.7 Å². The number of hydrogen-bond acceptors (Lipinski definition) is 7. The minimum atomic E-state index is -1.55. The van der Waals surface area contributed by atoms with Gasteiger partial charge in [0.05, 0.1) is 12.5 Å². The van der Waals surface area contributed by atoms with E-state index in [2.05, 4.69) is 16.0 Å². The molecule has 0 radical (unpaired) electrons. The van der Waals surface area contributed by atoms with Crippen LogP contribution in [0, 0.1) is 5.92 Å². The van der Waals surface area contributed by atoms with Crippen LogP contribution < -0.4 is 27.4 Å². The number of hydrogen-bond donors (Lipinski definition) is 7. The van der Waals surface area contributed by atoms with Gasteiger partial charge in [0.25, 0.3) is 0 Å². The Morgan fingerprint density at radius 3 is 1.80 bits per heavy atom. The molecule has 4 unspecified atom stereocenters. The van der Waals surface area contributed by atoms with Crippen LogP contribution >= 0.6 is 0 Å². The highest BCUT2D eigenvalue weighted by Gasteiger charge is 2.30. The van der Waals surface area contributed by atoms with Crippen molar-refractivity contribution in [1.82, 2.24) is 16.0 Å². The lowest BCUT2D eigenvalue weighted by Gasteiger charge is -2.23. The van der Waals surface area contributed by atoms with Gasteiger partial charge in [0.1, 0.15) is 18.1 Å². The Morgan fingerprint density at radius 2 is 1.37 bits per heavy atom. The zero-order valence-electron chi connectivity index (χ0n) is 17.0. The lowest BCUT2D eigenvalue weighted by Crippen LogP contribution is -2.57. The number of carboxylic acids is 2. The molecule has 4 amide bonds. The zero-order chi connectivity index (χ0) is 23.6. The lowest BCUT2D eigenvalue weighted by atomic mass is 10.0. The smallest absolute Gasteiger partial charge is 0.326 e. The van der Waals surface area contributed by atoms with Crippen LogP contribution in [0.2, 0.25) is 0 Å². The first-order chi connectivity index (χ1) is 13.8. The molecule has 0 aliphatic heterocycles. The standard InChI is InChI=1S/C17H29N5O8/c1-7(2)13(19)16(28)20-8(3)14(26)22-10(6-11(18)23)15(27)21-9(17(29)30)4-5-12(24)25/h7-10,13H,4-6,19H2,1-3H3,(H2,18,23)(H,20,28)(H,21,27)(H,22,26)(H,24,25)(H,29,30). The van der Waals surface area contributed by atoms with Crippen LogP contribution in [0.4, 0.5) is 0 Å². The van der Waals surface area contributed by atoms with Crippen molar-refractivity contribution in [2.45, 2.75) is 64.2 Å². The molecule has 170 valence electrons. The molecule has 9 N–H and O–H groups in total. The molecule has 0 spiro atoms. The molecule has 13 heteroatoms. The molecule has 0 aromatic carbocycles. The Kier molecular flexibility index (Phi) is 11.0. The normalized spacial score (nSPS) is 14.7. The van der Waals surface area contributed by atoms with Crippen LogP contribution in [0.15, 0.2) is 0 Å². The minimum absolute atomic E-state index is 0.188. The van der Waals surface area contributed by atoms with Crippen LogP contribution in [0.25, 0.3) is 0 Å². The highest BCUT2D eigenvalue weighted by molar-refractivity contribution is 5.96. The molecule has 0 fully saturated rings. The van der Waals surface area contributed by atoms with Gasteiger partial charge in [-0.05, 0) is 19.3 Å². The third-order valence-electron chi connectivity index (χ3n) is 4.07. The second-order valence-corrected chi connectivity index (χ2v) is 7.06. The largest absolute Gasteiger partial charge is 0.481 e. The van der Waals surface area contributed by atoms with E-state index >= 15 is 0 Å². The fourth-order valence-corrected chi connectivity index (χ4v) is 2.18. The molecule has 0 aliphatic rings. The highest BCUT2D eigenvalue weighted by Crippen LogP contribution is 2.02. The van der Waals surface area contributed by atoms with Crippen LogP contribution in [0.1, 0.15) is 40.0 Å². The van der Waals surface area contributed by atoms with Crippen molar-refractivity contribution in [2.75, 3.05) is 0 Å². The van der Waals surface area contributed by atoms with Crippen molar-refractivity contribution in [3.63, 3.8) is 0 Å². The van der Waals surface area contributed by atoms with Gasteiger partial charge in [0.15, 0.2) is 0 Å². The van der Waals surface area contributed by atoms with Crippen LogP contribution in [0.5, 0.6) is 0 Å². The van der Waals surface area contributed by atoms with Gasteiger partial charge in [-0.15, -0.1) is 0 Å². The molecule has 0 heterocycles. The molecule has 13 nitrogen and oxygen atoms in total. The van der Waals surface area contributed by atoms with Gasteiger partial charge in [-0.25, -0.2) is 4.79 Å². The molecular formula is C17H29N5O8. The van der Waals surface area contributed by atoms with E-state index in [0.29, 0.717) is 0 Å². The molecule has 0 saturated carbocycles. The summed E-state index contributed by atoms with van der Waals surface area (Å²) in [5, 5.41) is 24.4. The van der Waals surface area contributed by atoms with Gasteiger partial charge < -0.3 is 37.6 Å². The van der Waals surface area contributed by atoms with E-state index in [1.807, 2.05) is 0 Å². The molecule has 0 rings (SSSR count). The van der Waals surface area contributed by atoms with E-state index in [9.17, 15) is 28.8 Å².